The van der Waals surface area contributed by atoms with Crippen molar-refractivity contribution in [1.82, 2.24) is 9.88 Å². The first-order valence-electron chi connectivity index (χ1n) is 6.84. The molecule has 7 heteroatoms. The number of nitrogens with zero attached hydrogens (tertiary/aromatic N) is 2. The van der Waals surface area contributed by atoms with Gasteiger partial charge >= 0.3 is 6.18 Å². The highest BCUT2D eigenvalue weighted by atomic mass is 19.4. The maximum Gasteiger partial charge on any atom is 0.416 e. The third-order valence-corrected chi connectivity index (χ3v) is 3.33. The number of phenols is 1. The van der Waals surface area contributed by atoms with Crippen LogP contribution in [0.15, 0.2) is 42.6 Å². The predicted molar refractivity (Wildman–Crippen MR) is 78.0 cm³/mol. The van der Waals surface area contributed by atoms with Gasteiger partial charge in [0.15, 0.2) is 0 Å². The Morgan fingerprint density at radius 3 is 2.57 bits per heavy atom. The van der Waals surface area contributed by atoms with Gasteiger partial charge in [0.1, 0.15) is 5.75 Å². The molecule has 0 aliphatic rings. The third-order valence-electron chi connectivity index (χ3n) is 3.33. The van der Waals surface area contributed by atoms with Gasteiger partial charge in [-0.2, -0.15) is 13.2 Å². The van der Waals surface area contributed by atoms with E-state index >= 15 is 0 Å². The van der Waals surface area contributed by atoms with Gasteiger partial charge in [-0.15, -0.1) is 0 Å². The molecule has 0 aliphatic heterocycles. The second-order valence-corrected chi connectivity index (χ2v) is 5.03. The van der Waals surface area contributed by atoms with Crippen LogP contribution in [0.3, 0.4) is 0 Å². The molecular weight excluding hydrogens is 309 g/mol. The van der Waals surface area contributed by atoms with E-state index in [0.29, 0.717) is 19.0 Å². The van der Waals surface area contributed by atoms with Crippen molar-refractivity contribution >= 4 is 5.91 Å². The molecule has 122 valence electrons. The van der Waals surface area contributed by atoms with E-state index in [2.05, 4.69) is 4.98 Å². The topological polar surface area (TPSA) is 53.4 Å². The van der Waals surface area contributed by atoms with Gasteiger partial charge < -0.3 is 10.0 Å². The number of hydrogen-bond acceptors (Lipinski definition) is 3. The molecule has 23 heavy (non-hydrogen) atoms. The highest BCUT2D eigenvalue weighted by molar-refractivity contribution is 5.96. The second kappa shape index (κ2) is 6.68. The van der Waals surface area contributed by atoms with Crippen molar-refractivity contribution in [2.45, 2.75) is 12.6 Å². The van der Waals surface area contributed by atoms with Gasteiger partial charge in [-0.1, -0.05) is 6.07 Å². The Hall–Kier alpha value is -2.57. The molecule has 0 aliphatic carbocycles. The molecule has 0 spiro atoms. The predicted octanol–water partition coefficient (Wildman–Crippen LogP) is 3.12. The van der Waals surface area contributed by atoms with Crippen molar-refractivity contribution in [3.05, 3.63) is 59.4 Å². The van der Waals surface area contributed by atoms with Crippen LogP contribution in [0, 0.1) is 0 Å². The van der Waals surface area contributed by atoms with E-state index in [1.807, 2.05) is 12.1 Å². The molecule has 0 radical (unpaired) electrons. The number of phenolic OH excluding ortho intramolecular Hbond substituents is 1. The number of benzene rings is 1. The first kappa shape index (κ1) is 16.8. The van der Waals surface area contributed by atoms with Crippen molar-refractivity contribution in [2.75, 3.05) is 13.6 Å². The number of halogens is 3. The van der Waals surface area contributed by atoms with Crippen LogP contribution in [-0.2, 0) is 12.6 Å². The Balaban J connectivity index is 2.07. The van der Waals surface area contributed by atoms with E-state index in [-0.39, 0.29) is 5.56 Å². The zero-order valence-corrected chi connectivity index (χ0v) is 12.3. The van der Waals surface area contributed by atoms with Crippen molar-refractivity contribution < 1.29 is 23.1 Å². The number of carbonyl (C=O) groups is 1. The van der Waals surface area contributed by atoms with E-state index in [1.54, 1.807) is 12.3 Å². The first-order valence-corrected chi connectivity index (χ1v) is 6.84. The summed E-state index contributed by atoms with van der Waals surface area (Å²) in [4.78, 5) is 17.7. The normalized spacial score (nSPS) is 11.3. The van der Waals surface area contributed by atoms with Crippen molar-refractivity contribution in [2.24, 2.45) is 0 Å². The zero-order chi connectivity index (χ0) is 17.0. The Labute approximate surface area is 131 Å². The number of hydrogen-bond donors (Lipinski definition) is 1. The van der Waals surface area contributed by atoms with Crippen LogP contribution in [0.4, 0.5) is 13.2 Å². The molecule has 0 atom stereocenters. The summed E-state index contributed by atoms with van der Waals surface area (Å²) in [5.74, 6) is -1.23. The number of rotatable bonds is 4. The molecule has 0 saturated heterocycles. The Morgan fingerprint density at radius 1 is 1.26 bits per heavy atom. The number of pyridine rings is 1. The van der Waals surface area contributed by atoms with Crippen LogP contribution >= 0.6 is 0 Å². The van der Waals surface area contributed by atoms with Gasteiger partial charge in [-0.3, -0.25) is 9.78 Å². The molecule has 1 aromatic heterocycles. The summed E-state index contributed by atoms with van der Waals surface area (Å²) in [6.07, 6.45) is -2.42. The highest BCUT2D eigenvalue weighted by Crippen LogP contribution is 2.32. The zero-order valence-electron chi connectivity index (χ0n) is 12.3. The van der Waals surface area contributed by atoms with E-state index < -0.39 is 23.4 Å². The minimum absolute atomic E-state index is 0.165. The Kier molecular flexibility index (Phi) is 4.88. The van der Waals surface area contributed by atoms with Gasteiger partial charge in [0, 0.05) is 31.9 Å². The van der Waals surface area contributed by atoms with Crippen molar-refractivity contribution in [3.8, 4) is 5.75 Å². The third kappa shape index (κ3) is 4.21. The monoisotopic (exact) mass is 324 g/mol. The molecule has 1 N–H and O–H groups in total. The van der Waals surface area contributed by atoms with Crippen LogP contribution in [-0.4, -0.2) is 34.5 Å². The lowest BCUT2D eigenvalue weighted by molar-refractivity contribution is -0.137. The van der Waals surface area contributed by atoms with E-state index in [0.717, 1.165) is 17.8 Å². The fourth-order valence-electron chi connectivity index (χ4n) is 2.02. The van der Waals surface area contributed by atoms with Crippen LogP contribution in [0.5, 0.6) is 5.75 Å². The number of amides is 1. The Morgan fingerprint density at radius 2 is 2.00 bits per heavy atom. The maximum absolute atomic E-state index is 12.6. The van der Waals surface area contributed by atoms with Gasteiger partial charge in [0.25, 0.3) is 5.91 Å². The van der Waals surface area contributed by atoms with Gasteiger partial charge in [0.2, 0.25) is 0 Å². The van der Waals surface area contributed by atoms with Crippen LogP contribution in [0.1, 0.15) is 21.6 Å². The van der Waals surface area contributed by atoms with Crippen molar-refractivity contribution in [1.29, 1.82) is 0 Å². The molecule has 4 nitrogen and oxygen atoms in total. The SMILES string of the molecule is CN(CCc1ccccn1)C(=O)c1ccc(C(F)(F)F)cc1O. The van der Waals surface area contributed by atoms with Crippen LogP contribution < -0.4 is 0 Å². The molecule has 1 aromatic carbocycles. The second-order valence-electron chi connectivity index (χ2n) is 5.03. The highest BCUT2D eigenvalue weighted by Gasteiger charge is 2.31. The quantitative estimate of drug-likeness (QED) is 0.940. The molecule has 0 saturated carbocycles. The lowest BCUT2D eigenvalue weighted by atomic mass is 10.1. The summed E-state index contributed by atoms with van der Waals surface area (Å²) < 4.78 is 37.7. The van der Waals surface area contributed by atoms with Gasteiger partial charge in [-0.05, 0) is 30.3 Å². The largest absolute Gasteiger partial charge is 0.507 e. The van der Waals surface area contributed by atoms with E-state index in [1.165, 1.54) is 11.9 Å². The summed E-state index contributed by atoms with van der Waals surface area (Å²) in [7, 11) is 1.52. The molecule has 2 rings (SSSR count). The van der Waals surface area contributed by atoms with Crippen molar-refractivity contribution in [3.63, 3.8) is 0 Å². The lowest BCUT2D eigenvalue weighted by Gasteiger charge is -2.18. The van der Waals surface area contributed by atoms with Crippen LogP contribution in [0.25, 0.3) is 0 Å². The smallest absolute Gasteiger partial charge is 0.416 e. The lowest BCUT2D eigenvalue weighted by Crippen LogP contribution is -2.29. The molecule has 1 heterocycles. The minimum atomic E-state index is -4.57. The van der Waals surface area contributed by atoms with E-state index in [9.17, 15) is 23.1 Å². The summed E-state index contributed by atoms with van der Waals surface area (Å²) >= 11 is 0. The fraction of sp³-hybridized carbons (Fsp3) is 0.250. The summed E-state index contributed by atoms with van der Waals surface area (Å²) in [6.45, 7) is 0.330. The molecule has 0 bridgehead atoms. The number of alkyl halides is 3. The first-order chi connectivity index (χ1) is 10.8. The summed E-state index contributed by atoms with van der Waals surface area (Å²) in [5, 5.41) is 9.70. The van der Waals surface area contributed by atoms with Gasteiger partial charge in [-0.25, -0.2) is 0 Å². The minimum Gasteiger partial charge on any atom is -0.507 e. The van der Waals surface area contributed by atoms with E-state index in [4.69, 9.17) is 0 Å². The summed E-state index contributed by atoms with van der Waals surface area (Å²) in [6, 6.07) is 7.73. The summed E-state index contributed by atoms with van der Waals surface area (Å²) in [5.41, 5.74) is -0.368. The van der Waals surface area contributed by atoms with Gasteiger partial charge in [0.05, 0.1) is 11.1 Å². The number of aromatic hydroxyl groups is 1. The molecule has 1 amide bonds. The Bertz CT molecular complexity index is 687. The standard InChI is InChI=1S/C16H15F3N2O2/c1-21(9-7-12-4-2-3-8-20-12)15(23)13-6-5-11(10-14(13)22)16(17,18)19/h2-6,8,10,22H,7,9H2,1H3. The average molecular weight is 324 g/mol. The molecular formula is C16H15F3N2O2. The molecule has 0 unspecified atom stereocenters. The molecule has 0 fully saturated rings. The molecule has 2 aromatic rings. The fourth-order valence-corrected chi connectivity index (χ4v) is 2.02. The number of carbonyl (C=O) groups excluding carboxylic acids is 1. The maximum atomic E-state index is 12.6. The number of likely N-dealkylation sites (N-methyl/N-ethyl adjacent to an activating group) is 1. The number of aromatic nitrogens is 1. The van der Waals surface area contributed by atoms with Crippen LogP contribution in [0.2, 0.25) is 0 Å². The average Bonchev–Trinajstić information content (AvgIpc) is 2.52.